The van der Waals surface area contributed by atoms with Crippen LogP contribution in [-0.2, 0) is 13.0 Å². The van der Waals surface area contributed by atoms with E-state index in [1.807, 2.05) is 6.07 Å². The molecule has 1 aromatic rings. The van der Waals surface area contributed by atoms with E-state index in [-0.39, 0.29) is 0 Å². The molecule has 1 heteroatoms. The average molecular weight is 232 g/mol. The van der Waals surface area contributed by atoms with Gasteiger partial charge in [-0.3, -0.25) is 0 Å². The first-order valence-electron chi connectivity index (χ1n) is 6.78. The summed E-state index contributed by atoms with van der Waals surface area (Å²) in [6, 6.07) is 9.73. The summed E-state index contributed by atoms with van der Waals surface area (Å²) in [6.45, 7) is 11.1. The molecule has 17 heavy (non-hydrogen) atoms. The van der Waals surface area contributed by atoms with Crippen molar-refractivity contribution >= 4 is 0 Å². The van der Waals surface area contributed by atoms with Crippen molar-refractivity contribution in [2.75, 3.05) is 6.54 Å². The Balaban J connectivity index is 2.51. The maximum atomic E-state index is 3.51. The molecule has 0 heterocycles. The highest BCUT2D eigenvalue weighted by molar-refractivity contribution is 5.26. The Morgan fingerprint density at radius 1 is 1.18 bits per heavy atom. The Kier molecular flexibility index (Phi) is 6.28. The van der Waals surface area contributed by atoms with E-state index < -0.39 is 0 Å². The quantitative estimate of drug-likeness (QED) is 0.753. The van der Waals surface area contributed by atoms with E-state index in [2.05, 4.69) is 51.2 Å². The van der Waals surface area contributed by atoms with Gasteiger partial charge in [0.2, 0.25) is 0 Å². The van der Waals surface area contributed by atoms with Crippen LogP contribution in [0.2, 0.25) is 0 Å². The van der Waals surface area contributed by atoms with Crippen LogP contribution in [0.25, 0.3) is 0 Å². The van der Waals surface area contributed by atoms with Crippen molar-refractivity contribution in [3.05, 3.63) is 35.4 Å². The molecule has 1 nitrogen and oxygen atoms in total. The molecule has 0 amide bonds. The molecule has 0 saturated heterocycles. The summed E-state index contributed by atoms with van der Waals surface area (Å²) in [5.74, 6) is 1.47. The highest BCUT2D eigenvalue weighted by atomic mass is 14.8. The van der Waals surface area contributed by atoms with Gasteiger partial charge in [-0.2, -0.15) is 0 Å². The van der Waals surface area contributed by atoms with Crippen LogP contribution in [0, 0.1) is 17.9 Å². The first-order valence-corrected chi connectivity index (χ1v) is 6.78. The number of rotatable bonds is 7. The largest absolute Gasteiger partial charge is 0.312 e. The standard InChI is InChI=1S/C16H26N/c1-13(2)9-10-15-7-5-6-8-16(15)12-17-11-14(3)4/h5-6,8,13-14,17H,9-12H2,1-4H3. The zero-order valence-electron chi connectivity index (χ0n) is 11.7. The third kappa shape index (κ3) is 5.88. The molecule has 0 aromatic heterocycles. The molecule has 0 atom stereocenters. The molecule has 1 aromatic carbocycles. The van der Waals surface area contributed by atoms with Crippen molar-refractivity contribution in [1.29, 1.82) is 0 Å². The van der Waals surface area contributed by atoms with E-state index in [1.165, 1.54) is 17.5 Å². The average Bonchev–Trinajstić information content (AvgIpc) is 2.27. The summed E-state index contributed by atoms with van der Waals surface area (Å²) >= 11 is 0. The van der Waals surface area contributed by atoms with E-state index in [1.54, 1.807) is 0 Å². The van der Waals surface area contributed by atoms with Crippen LogP contribution < -0.4 is 5.32 Å². The lowest BCUT2D eigenvalue weighted by Gasteiger charge is -2.12. The van der Waals surface area contributed by atoms with Crippen LogP contribution in [0.1, 0.15) is 45.2 Å². The highest BCUT2D eigenvalue weighted by Gasteiger charge is 2.03. The van der Waals surface area contributed by atoms with E-state index in [0.717, 1.165) is 25.4 Å². The molecule has 0 saturated carbocycles. The van der Waals surface area contributed by atoms with Crippen LogP contribution in [0.3, 0.4) is 0 Å². The molecule has 0 aliphatic rings. The monoisotopic (exact) mass is 232 g/mol. The normalized spacial score (nSPS) is 11.4. The fraction of sp³-hybridized carbons (Fsp3) is 0.625. The van der Waals surface area contributed by atoms with Gasteiger partial charge in [0, 0.05) is 6.54 Å². The van der Waals surface area contributed by atoms with Gasteiger partial charge in [0.1, 0.15) is 0 Å². The molecule has 1 rings (SSSR count). The molecule has 0 bridgehead atoms. The first kappa shape index (κ1) is 14.2. The number of nitrogens with one attached hydrogen (secondary N) is 1. The van der Waals surface area contributed by atoms with Gasteiger partial charge in [0.05, 0.1) is 0 Å². The third-order valence-corrected chi connectivity index (χ3v) is 2.88. The molecular weight excluding hydrogens is 206 g/mol. The lowest BCUT2D eigenvalue weighted by molar-refractivity contribution is 0.547. The van der Waals surface area contributed by atoms with E-state index in [4.69, 9.17) is 0 Å². The van der Waals surface area contributed by atoms with Gasteiger partial charge in [-0.15, -0.1) is 0 Å². The zero-order valence-corrected chi connectivity index (χ0v) is 11.7. The summed E-state index contributed by atoms with van der Waals surface area (Å²) in [6.07, 6.45) is 2.40. The second kappa shape index (κ2) is 7.50. The van der Waals surface area contributed by atoms with Crippen LogP contribution in [0.5, 0.6) is 0 Å². The summed E-state index contributed by atoms with van der Waals surface area (Å²) in [4.78, 5) is 0. The third-order valence-electron chi connectivity index (χ3n) is 2.88. The van der Waals surface area contributed by atoms with E-state index >= 15 is 0 Å². The molecule has 1 N–H and O–H groups in total. The Hall–Kier alpha value is -0.820. The summed E-state index contributed by atoms with van der Waals surface area (Å²) in [5, 5.41) is 3.51. The van der Waals surface area contributed by atoms with Gasteiger partial charge in [-0.1, -0.05) is 45.9 Å². The first-order chi connectivity index (χ1) is 8.09. The van der Waals surface area contributed by atoms with Crippen LogP contribution in [0.4, 0.5) is 0 Å². The zero-order chi connectivity index (χ0) is 12.7. The van der Waals surface area contributed by atoms with Gasteiger partial charge in [-0.25, -0.2) is 0 Å². The van der Waals surface area contributed by atoms with Crippen molar-refractivity contribution in [2.24, 2.45) is 11.8 Å². The van der Waals surface area contributed by atoms with Gasteiger partial charge >= 0.3 is 0 Å². The van der Waals surface area contributed by atoms with Crippen molar-refractivity contribution in [2.45, 2.75) is 47.1 Å². The Bertz CT molecular complexity index is 315. The number of hydrogen-bond acceptors (Lipinski definition) is 1. The number of aryl methyl sites for hydroxylation is 1. The van der Waals surface area contributed by atoms with E-state index in [9.17, 15) is 0 Å². The second-order valence-corrected chi connectivity index (χ2v) is 5.63. The van der Waals surface area contributed by atoms with Gasteiger partial charge in [0.15, 0.2) is 0 Å². The molecule has 95 valence electrons. The van der Waals surface area contributed by atoms with Crippen LogP contribution in [-0.4, -0.2) is 6.54 Å². The van der Waals surface area contributed by atoms with Gasteiger partial charge in [-0.05, 0) is 48.4 Å². The minimum Gasteiger partial charge on any atom is -0.312 e. The molecule has 0 aliphatic carbocycles. The Morgan fingerprint density at radius 2 is 1.94 bits per heavy atom. The summed E-state index contributed by atoms with van der Waals surface area (Å²) in [7, 11) is 0. The van der Waals surface area contributed by atoms with Crippen LogP contribution >= 0.6 is 0 Å². The second-order valence-electron chi connectivity index (χ2n) is 5.63. The Morgan fingerprint density at radius 3 is 2.59 bits per heavy atom. The van der Waals surface area contributed by atoms with Crippen molar-refractivity contribution < 1.29 is 0 Å². The smallest absolute Gasteiger partial charge is 0.0208 e. The predicted octanol–water partition coefficient (Wildman–Crippen LogP) is 3.82. The fourth-order valence-corrected chi connectivity index (χ4v) is 1.83. The molecule has 0 unspecified atom stereocenters. The van der Waals surface area contributed by atoms with Crippen molar-refractivity contribution in [3.63, 3.8) is 0 Å². The minimum absolute atomic E-state index is 0.710. The lowest BCUT2D eigenvalue weighted by atomic mass is 9.98. The van der Waals surface area contributed by atoms with Gasteiger partial charge < -0.3 is 5.32 Å². The minimum atomic E-state index is 0.710. The fourth-order valence-electron chi connectivity index (χ4n) is 1.83. The summed E-state index contributed by atoms with van der Waals surface area (Å²) in [5.41, 5.74) is 2.80. The molecule has 0 spiro atoms. The van der Waals surface area contributed by atoms with Gasteiger partial charge in [0.25, 0.3) is 0 Å². The number of hydrogen-bond donors (Lipinski definition) is 1. The molecule has 0 fully saturated rings. The highest BCUT2D eigenvalue weighted by Crippen LogP contribution is 2.13. The molecular formula is C16H26N. The SMILES string of the molecule is CC(C)CCc1[c]cccc1CNCC(C)C. The van der Waals surface area contributed by atoms with Crippen molar-refractivity contribution in [3.8, 4) is 0 Å². The molecule has 1 radical (unpaired) electrons. The Labute approximate surface area is 107 Å². The topological polar surface area (TPSA) is 12.0 Å². The maximum absolute atomic E-state index is 3.51. The van der Waals surface area contributed by atoms with E-state index in [0.29, 0.717) is 5.92 Å². The number of benzene rings is 1. The van der Waals surface area contributed by atoms with Crippen LogP contribution in [0.15, 0.2) is 18.2 Å². The molecule has 0 aliphatic heterocycles. The predicted molar refractivity (Wildman–Crippen MR) is 75.0 cm³/mol. The summed E-state index contributed by atoms with van der Waals surface area (Å²) < 4.78 is 0. The lowest BCUT2D eigenvalue weighted by Crippen LogP contribution is -2.19. The van der Waals surface area contributed by atoms with Crippen molar-refractivity contribution in [1.82, 2.24) is 5.32 Å². The maximum Gasteiger partial charge on any atom is 0.0208 e.